The smallest absolute Gasteiger partial charge is 0.278 e. The summed E-state index contributed by atoms with van der Waals surface area (Å²) in [5.41, 5.74) is 0.929. The van der Waals surface area contributed by atoms with Gasteiger partial charge in [-0.05, 0) is 24.8 Å². The van der Waals surface area contributed by atoms with E-state index in [1.807, 2.05) is 6.07 Å². The highest BCUT2D eigenvalue weighted by molar-refractivity contribution is 5.85. The minimum atomic E-state index is -0.297. The fraction of sp³-hybridized carbons (Fsp3) is 0.600. The number of rotatable bonds is 4. The maximum Gasteiger partial charge on any atom is 0.278 e. The highest BCUT2D eigenvalue weighted by Crippen LogP contribution is 2.49. The predicted octanol–water partition coefficient (Wildman–Crippen LogP) is 2.52. The SMILES string of the molecule is Cl.Cl.O=[N+]([O-])c1cc2c(cc1[C@H](C1CC1)N1CCNCC1)OCO2. The first-order valence-electron chi connectivity index (χ1n) is 7.77. The lowest BCUT2D eigenvalue weighted by Gasteiger charge is -2.35. The van der Waals surface area contributed by atoms with Crippen LogP contribution in [-0.4, -0.2) is 42.8 Å². The van der Waals surface area contributed by atoms with E-state index in [4.69, 9.17) is 9.47 Å². The summed E-state index contributed by atoms with van der Waals surface area (Å²) >= 11 is 0. The Labute approximate surface area is 152 Å². The summed E-state index contributed by atoms with van der Waals surface area (Å²) in [6.45, 7) is 3.85. The van der Waals surface area contributed by atoms with E-state index in [0.717, 1.165) is 44.6 Å². The summed E-state index contributed by atoms with van der Waals surface area (Å²) in [6.07, 6.45) is 2.28. The third-order valence-corrected chi connectivity index (χ3v) is 4.65. The van der Waals surface area contributed by atoms with E-state index in [1.54, 1.807) is 0 Å². The Hall–Kier alpha value is -1.28. The molecule has 1 N–H and O–H groups in total. The Morgan fingerprint density at radius 3 is 2.38 bits per heavy atom. The van der Waals surface area contributed by atoms with Gasteiger partial charge in [0.2, 0.25) is 6.79 Å². The molecule has 0 aromatic heterocycles. The van der Waals surface area contributed by atoms with Crippen LogP contribution in [0.15, 0.2) is 12.1 Å². The van der Waals surface area contributed by atoms with Gasteiger partial charge in [0.1, 0.15) is 0 Å². The van der Waals surface area contributed by atoms with Gasteiger partial charge in [0.15, 0.2) is 11.5 Å². The van der Waals surface area contributed by atoms with Crippen LogP contribution in [0.4, 0.5) is 5.69 Å². The van der Waals surface area contributed by atoms with Gasteiger partial charge in [-0.15, -0.1) is 24.8 Å². The van der Waals surface area contributed by atoms with Crippen molar-refractivity contribution >= 4 is 30.5 Å². The number of fused-ring (bicyclic) bond motifs is 1. The van der Waals surface area contributed by atoms with E-state index in [9.17, 15) is 10.1 Å². The van der Waals surface area contributed by atoms with E-state index in [0.29, 0.717) is 17.4 Å². The molecular weight excluding hydrogens is 357 g/mol. The van der Waals surface area contributed by atoms with E-state index in [2.05, 4.69) is 10.2 Å². The number of nitrogens with zero attached hydrogens (tertiary/aromatic N) is 2. The third kappa shape index (κ3) is 3.54. The van der Waals surface area contributed by atoms with Gasteiger partial charge in [0.25, 0.3) is 5.69 Å². The predicted molar refractivity (Wildman–Crippen MR) is 93.6 cm³/mol. The van der Waals surface area contributed by atoms with Crippen LogP contribution < -0.4 is 14.8 Å². The van der Waals surface area contributed by atoms with Crippen LogP contribution in [0.25, 0.3) is 0 Å². The maximum absolute atomic E-state index is 11.5. The number of nitrogens with one attached hydrogen (secondary N) is 1. The first-order valence-corrected chi connectivity index (χ1v) is 7.77. The van der Waals surface area contributed by atoms with E-state index in [1.165, 1.54) is 6.07 Å². The summed E-state index contributed by atoms with van der Waals surface area (Å²) in [7, 11) is 0. The summed E-state index contributed by atoms with van der Waals surface area (Å²) in [6, 6.07) is 3.46. The molecule has 1 aromatic rings. The Morgan fingerprint density at radius 2 is 1.79 bits per heavy atom. The zero-order chi connectivity index (χ0) is 15.1. The van der Waals surface area contributed by atoms with Crippen LogP contribution in [0.5, 0.6) is 11.5 Å². The molecule has 134 valence electrons. The molecule has 24 heavy (non-hydrogen) atoms. The molecule has 0 unspecified atom stereocenters. The zero-order valence-corrected chi connectivity index (χ0v) is 14.7. The highest BCUT2D eigenvalue weighted by atomic mass is 35.5. The first kappa shape index (κ1) is 19.1. The number of halogens is 2. The number of nitro benzene ring substituents is 1. The van der Waals surface area contributed by atoms with Gasteiger partial charge in [-0.3, -0.25) is 15.0 Å². The van der Waals surface area contributed by atoms with Gasteiger partial charge < -0.3 is 14.8 Å². The van der Waals surface area contributed by atoms with Crippen LogP contribution in [-0.2, 0) is 0 Å². The molecule has 0 spiro atoms. The van der Waals surface area contributed by atoms with Crippen molar-refractivity contribution in [2.45, 2.75) is 18.9 Å². The van der Waals surface area contributed by atoms with Gasteiger partial charge in [-0.25, -0.2) is 0 Å². The topological polar surface area (TPSA) is 76.9 Å². The molecule has 9 heteroatoms. The van der Waals surface area contributed by atoms with Crippen molar-refractivity contribution in [1.82, 2.24) is 10.2 Å². The second kappa shape index (κ2) is 7.74. The fourth-order valence-corrected chi connectivity index (χ4v) is 3.46. The maximum atomic E-state index is 11.5. The van der Waals surface area contributed by atoms with Crippen LogP contribution in [0.3, 0.4) is 0 Å². The van der Waals surface area contributed by atoms with Gasteiger partial charge in [0, 0.05) is 32.2 Å². The second-order valence-electron chi connectivity index (χ2n) is 6.09. The standard InChI is InChI=1S/C15H19N3O4.2ClH/c19-18(20)12-8-14-13(21-9-22-14)7-11(12)15(10-1-2-10)17-5-3-16-4-6-17;;/h7-8,10,15-16H,1-6,9H2;2*1H/t15-;;/m0../s1. The van der Waals surface area contributed by atoms with Crippen molar-refractivity contribution in [3.63, 3.8) is 0 Å². The van der Waals surface area contributed by atoms with Crippen molar-refractivity contribution in [2.24, 2.45) is 5.92 Å². The monoisotopic (exact) mass is 377 g/mol. The summed E-state index contributed by atoms with van der Waals surface area (Å²) in [5.74, 6) is 1.61. The number of nitro groups is 1. The average Bonchev–Trinajstić information content (AvgIpc) is 3.25. The number of ether oxygens (including phenoxy) is 2. The van der Waals surface area contributed by atoms with Crippen LogP contribution in [0.1, 0.15) is 24.4 Å². The molecule has 0 bridgehead atoms. The first-order chi connectivity index (χ1) is 10.7. The molecule has 0 radical (unpaired) electrons. The Bertz CT molecular complexity index is 607. The molecule has 1 saturated carbocycles. The van der Waals surface area contributed by atoms with Gasteiger partial charge in [-0.1, -0.05) is 0 Å². The van der Waals surface area contributed by atoms with Gasteiger partial charge in [-0.2, -0.15) is 0 Å². The lowest BCUT2D eigenvalue weighted by atomic mass is 9.97. The summed E-state index contributed by atoms with van der Waals surface area (Å²) in [4.78, 5) is 13.6. The zero-order valence-electron chi connectivity index (χ0n) is 13.1. The molecular formula is C15H21Cl2N3O4. The molecule has 2 aliphatic heterocycles. The van der Waals surface area contributed by atoms with Gasteiger partial charge >= 0.3 is 0 Å². The lowest BCUT2D eigenvalue weighted by Crippen LogP contribution is -2.45. The number of piperazine rings is 1. The van der Waals surface area contributed by atoms with E-state index in [-0.39, 0.29) is 48.3 Å². The summed E-state index contributed by atoms with van der Waals surface area (Å²) in [5, 5.41) is 14.9. The van der Waals surface area contributed by atoms with E-state index < -0.39 is 0 Å². The minimum absolute atomic E-state index is 0. The molecule has 1 aliphatic carbocycles. The lowest BCUT2D eigenvalue weighted by molar-refractivity contribution is -0.386. The summed E-state index contributed by atoms with van der Waals surface area (Å²) < 4.78 is 10.7. The molecule has 1 atom stereocenters. The molecule has 0 amide bonds. The quantitative estimate of drug-likeness (QED) is 0.641. The molecule has 2 heterocycles. The van der Waals surface area contributed by atoms with Crippen molar-refractivity contribution in [2.75, 3.05) is 33.0 Å². The molecule has 2 fully saturated rings. The van der Waals surface area contributed by atoms with Gasteiger partial charge in [0.05, 0.1) is 16.6 Å². The Morgan fingerprint density at radius 1 is 1.17 bits per heavy atom. The van der Waals surface area contributed by atoms with E-state index >= 15 is 0 Å². The largest absolute Gasteiger partial charge is 0.454 e. The van der Waals surface area contributed by atoms with Crippen molar-refractivity contribution in [3.8, 4) is 11.5 Å². The number of hydrogen-bond donors (Lipinski definition) is 1. The van der Waals surface area contributed by atoms with Crippen LogP contribution >= 0.6 is 24.8 Å². The van der Waals surface area contributed by atoms with Crippen LogP contribution in [0, 0.1) is 16.0 Å². The fourth-order valence-electron chi connectivity index (χ4n) is 3.46. The molecule has 3 aliphatic rings. The highest BCUT2D eigenvalue weighted by Gasteiger charge is 2.41. The number of hydrogen-bond acceptors (Lipinski definition) is 6. The minimum Gasteiger partial charge on any atom is -0.454 e. The second-order valence-corrected chi connectivity index (χ2v) is 6.09. The average molecular weight is 378 g/mol. The molecule has 7 nitrogen and oxygen atoms in total. The Balaban J connectivity index is 0.00000104. The molecule has 1 aromatic carbocycles. The van der Waals surface area contributed by atoms with Crippen molar-refractivity contribution < 1.29 is 14.4 Å². The number of benzene rings is 1. The normalized spacial score (nSPS) is 20.7. The van der Waals surface area contributed by atoms with Crippen LogP contribution in [0.2, 0.25) is 0 Å². The molecule has 1 saturated heterocycles. The van der Waals surface area contributed by atoms with Crippen molar-refractivity contribution in [3.05, 3.63) is 27.8 Å². The van der Waals surface area contributed by atoms with Crippen molar-refractivity contribution in [1.29, 1.82) is 0 Å². The Kier molecular flexibility index (Phi) is 6.14. The molecule has 4 rings (SSSR count). The third-order valence-electron chi connectivity index (χ3n) is 4.65.